The molecule has 2 aromatic carbocycles. The van der Waals surface area contributed by atoms with Gasteiger partial charge in [-0.1, -0.05) is 48.6 Å². The first kappa shape index (κ1) is 20.6. The van der Waals surface area contributed by atoms with E-state index in [0.717, 1.165) is 35.2 Å². The largest absolute Gasteiger partial charge is 0.302 e. The summed E-state index contributed by atoms with van der Waals surface area (Å²) in [6.45, 7) is 1.93. The van der Waals surface area contributed by atoms with E-state index < -0.39 is 14.8 Å². The highest BCUT2D eigenvalue weighted by Crippen LogP contribution is 2.30. The number of carbonyl (C=O) groups excluding carboxylic acids is 1. The Bertz CT molecular complexity index is 1130. The Morgan fingerprint density at radius 1 is 1.17 bits per heavy atom. The molecule has 1 aromatic heterocycles. The molecule has 0 bridgehead atoms. The summed E-state index contributed by atoms with van der Waals surface area (Å²) < 4.78 is 25.3. The van der Waals surface area contributed by atoms with Crippen molar-refractivity contribution in [1.29, 1.82) is 0 Å². The summed E-state index contributed by atoms with van der Waals surface area (Å²) in [4.78, 5) is 26.3. The Morgan fingerprint density at radius 3 is 2.45 bits per heavy atom. The van der Waals surface area contributed by atoms with Crippen LogP contribution in [-0.2, 0) is 14.6 Å². The molecule has 0 saturated carbocycles. The Kier molecular flexibility index (Phi) is 6.04. The van der Waals surface area contributed by atoms with E-state index in [0.29, 0.717) is 0 Å². The first-order valence-electron chi connectivity index (χ1n) is 8.57. The van der Waals surface area contributed by atoms with Crippen LogP contribution in [0.15, 0.2) is 69.9 Å². The van der Waals surface area contributed by atoms with E-state index in [1.54, 1.807) is 0 Å². The van der Waals surface area contributed by atoms with Crippen LogP contribution in [0.25, 0.3) is 0 Å². The Morgan fingerprint density at radius 2 is 1.83 bits per heavy atom. The van der Waals surface area contributed by atoms with Crippen molar-refractivity contribution < 1.29 is 18.1 Å². The highest BCUT2D eigenvalue weighted by molar-refractivity contribution is 7.93. The molecule has 150 valence electrons. The number of hydrogen-bond donors (Lipinski definition) is 1. The topological polar surface area (TPSA) is 119 Å². The number of nitro groups is 1. The lowest BCUT2D eigenvalue weighted by molar-refractivity contribution is -0.384. The zero-order valence-corrected chi connectivity index (χ0v) is 16.9. The van der Waals surface area contributed by atoms with Crippen LogP contribution in [0.3, 0.4) is 0 Å². The highest BCUT2D eigenvalue weighted by atomic mass is 32.2. The minimum atomic E-state index is -3.88. The summed E-state index contributed by atoms with van der Waals surface area (Å²) in [7, 11) is -3.88. The number of rotatable bonds is 7. The highest BCUT2D eigenvalue weighted by Gasteiger charge is 2.22. The van der Waals surface area contributed by atoms with E-state index in [1.807, 2.05) is 37.3 Å². The molecule has 0 aliphatic carbocycles. The van der Waals surface area contributed by atoms with Crippen molar-refractivity contribution in [2.45, 2.75) is 28.4 Å². The summed E-state index contributed by atoms with van der Waals surface area (Å²) in [6.07, 6.45) is 1.39. The van der Waals surface area contributed by atoms with Crippen LogP contribution in [0, 0.1) is 10.1 Å². The number of nitrogens with one attached hydrogen (secondary N) is 1. The van der Waals surface area contributed by atoms with Crippen LogP contribution in [0.1, 0.15) is 24.8 Å². The lowest BCUT2D eigenvalue weighted by Gasteiger charge is -2.10. The lowest BCUT2D eigenvalue weighted by atomic mass is 9.98. The van der Waals surface area contributed by atoms with Gasteiger partial charge in [-0.15, -0.1) is 0 Å². The van der Waals surface area contributed by atoms with Gasteiger partial charge in [0.05, 0.1) is 16.0 Å². The molecule has 1 N–H and O–H groups in total. The summed E-state index contributed by atoms with van der Waals surface area (Å²) in [5, 5.41) is 13.5. The van der Waals surface area contributed by atoms with Gasteiger partial charge < -0.3 is 5.32 Å². The molecule has 29 heavy (non-hydrogen) atoms. The standard InChI is InChI=1S/C19H17N3O5S2/c1-13(14-5-3-2-4-6-14)11-17(23)21-19-20-12-18(28-19)29(26,27)16-9-7-15(8-10-16)22(24)25/h2-10,12-13H,11H2,1H3,(H,20,21,23)/t13-/m1/s1. The average molecular weight is 431 g/mol. The van der Waals surface area contributed by atoms with Crippen LogP contribution in [0.5, 0.6) is 0 Å². The molecule has 1 amide bonds. The van der Waals surface area contributed by atoms with Crippen molar-refractivity contribution in [1.82, 2.24) is 4.98 Å². The smallest absolute Gasteiger partial charge is 0.269 e. The molecule has 0 saturated heterocycles. The number of amides is 1. The van der Waals surface area contributed by atoms with Gasteiger partial charge in [-0.05, 0) is 23.6 Å². The van der Waals surface area contributed by atoms with Gasteiger partial charge in [0.1, 0.15) is 4.21 Å². The SMILES string of the molecule is C[C@H](CC(=O)Nc1ncc(S(=O)(=O)c2ccc([N+](=O)[O-])cc2)s1)c1ccccc1. The molecular weight excluding hydrogens is 414 g/mol. The molecular formula is C19H17N3O5S2. The quantitative estimate of drug-likeness (QED) is 0.446. The van der Waals surface area contributed by atoms with Gasteiger partial charge >= 0.3 is 0 Å². The lowest BCUT2D eigenvalue weighted by Crippen LogP contribution is -2.14. The van der Waals surface area contributed by atoms with E-state index in [-0.39, 0.29) is 38.2 Å². The molecule has 1 atom stereocenters. The summed E-state index contributed by atoms with van der Waals surface area (Å²) in [6, 6.07) is 14.2. The minimum Gasteiger partial charge on any atom is -0.302 e. The summed E-state index contributed by atoms with van der Waals surface area (Å²) in [5.74, 6) is -0.269. The van der Waals surface area contributed by atoms with Crippen molar-refractivity contribution in [3.63, 3.8) is 0 Å². The van der Waals surface area contributed by atoms with Crippen molar-refractivity contribution in [3.8, 4) is 0 Å². The molecule has 8 nitrogen and oxygen atoms in total. The van der Waals surface area contributed by atoms with Crippen molar-refractivity contribution in [2.24, 2.45) is 0 Å². The number of anilines is 1. The third-order valence-corrected chi connectivity index (χ3v) is 7.36. The molecule has 3 rings (SSSR count). The van der Waals surface area contributed by atoms with Crippen LogP contribution < -0.4 is 5.32 Å². The van der Waals surface area contributed by atoms with E-state index in [4.69, 9.17) is 0 Å². The van der Waals surface area contributed by atoms with Gasteiger partial charge in [0.2, 0.25) is 15.7 Å². The second-order valence-corrected chi connectivity index (χ2v) is 9.51. The number of non-ortho nitro benzene ring substituents is 1. The second kappa shape index (κ2) is 8.50. The van der Waals surface area contributed by atoms with Crippen molar-refractivity contribution >= 4 is 37.9 Å². The van der Waals surface area contributed by atoms with E-state index in [1.165, 1.54) is 12.1 Å². The van der Waals surface area contributed by atoms with Crippen LogP contribution in [0.2, 0.25) is 0 Å². The van der Waals surface area contributed by atoms with Crippen molar-refractivity contribution in [2.75, 3.05) is 5.32 Å². The van der Waals surface area contributed by atoms with Crippen LogP contribution in [-0.4, -0.2) is 24.2 Å². The fraction of sp³-hybridized carbons (Fsp3) is 0.158. The van der Waals surface area contributed by atoms with E-state index in [2.05, 4.69) is 10.3 Å². The third-order valence-electron chi connectivity index (χ3n) is 4.21. The first-order valence-corrected chi connectivity index (χ1v) is 10.9. The summed E-state index contributed by atoms with van der Waals surface area (Å²) in [5.41, 5.74) is 0.831. The predicted molar refractivity (Wildman–Crippen MR) is 109 cm³/mol. The van der Waals surface area contributed by atoms with Gasteiger partial charge in [0.15, 0.2) is 5.13 Å². The molecule has 0 radical (unpaired) electrons. The van der Waals surface area contributed by atoms with Gasteiger partial charge in [-0.2, -0.15) is 0 Å². The van der Waals surface area contributed by atoms with Crippen LogP contribution >= 0.6 is 11.3 Å². The normalized spacial score (nSPS) is 12.3. The number of carbonyl (C=O) groups is 1. The number of benzene rings is 2. The number of nitro benzene ring substituents is 1. The third kappa shape index (κ3) is 4.84. The fourth-order valence-corrected chi connectivity index (χ4v) is 5.10. The number of thiazole rings is 1. The van der Waals surface area contributed by atoms with E-state index in [9.17, 15) is 23.3 Å². The minimum absolute atomic E-state index is 0.000486. The average Bonchev–Trinajstić information content (AvgIpc) is 3.17. The molecule has 0 aliphatic rings. The maximum Gasteiger partial charge on any atom is 0.269 e. The number of aromatic nitrogens is 1. The predicted octanol–water partition coefficient (Wildman–Crippen LogP) is 4.02. The maximum atomic E-state index is 12.7. The number of hydrogen-bond acceptors (Lipinski definition) is 7. The Hall–Kier alpha value is -3.11. The molecule has 10 heteroatoms. The second-order valence-electron chi connectivity index (χ2n) is 6.30. The van der Waals surface area contributed by atoms with Gasteiger partial charge in [-0.25, -0.2) is 13.4 Å². The molecule has 0 fully saturated rings. The first-order chi connectivity index (χ1) is 13.8. The number of nitrogens with zero attached hydrogens (tertiary/aromatic N) is 2. The van der Waals surface area contributed by atoms with Gasteiger partial charge in [0.25, 0.3) is 5.69 Å². The zero-order chi connectivity index (χ0) is 21.0. The Balaban J connectivity index is 1.69. The van der Waals surface area contributed by atoms with E-state index >= 15 is 0 Å². The number of sulfone groups is 1. The molecule has 0 spiro atoms. The van der Waals surface area contributed by atoms with Crippen molar-refractivity contribution in [3.05, 3.63) is 76.5 Å². The monoisotopic (exact) mass is 431 g/mol. The molecule has 1 heterocycles. The van der Waals surface area contributed by atoms with Gasteiger partial charge in [0, 0.05) is 18.6 Å². The maximum absolute atomic E-state index is 12.7. The van der Waals surface area contributed by atoms with Crippen LogP contribution in [0.4, 0.5) is 10.8 Å². The summed E-state index contributed by atoms with van der Waals surface area (Å²) >= 11 is 0.831. The Labute approximate surface area is 171 Å². The van der Waals surface area contributed by atoms with Gasteiger partial charge in [-0.3, -0.25) is 14.9 Å². The molecule has 0 unspecified atom stereocenters. The molecule has 3 aromatic rings. The molecule has 0 aliphatic heterocycles. The fourth-order valence-electron chi connectivity index (χ4n) is 2.65. The zero-order valence-electron chi connectivity index (χ0n) is 15.3.